The number of methoxy groups -OCH3 is 1. The molecule has 1 atom stereocenters. The van der Waals surface area contributed by atoms with Gasteiger partial charge in [0.2, 0.25) is 0 Å². The lowest BCUT2D eigenvalue weighted by molar-refractivity contribution is -0.139. The fraction of sp³-hybridized carbons (Fsp3) is 0.353. The molecule has 0 spiro atoms. The van der Waals surface area contributed by atoms with Gasteiger partial charge in [0, 0.05) is 10.9 Å². The molecule has 1 amide bonds. The molecule has 1 heterocycles. The molecule has 1 aromatic carbocycles. The number of nitrogens with zero attached hydrogens (tertiary/aromatic N) is 1. The van der Waals surface area contributed by atoms with Crippen molar-refractivity contribution in [1.82, 2.24) is 10.3 Å². The summed E-state index contributed by atoms with van der Waals surface area (Å²) >= 11 is 1.48. The van der Waals surface area contributed by atoms with Crippen molar-refractivity contribution >= 4 is 23.2 Å². The number of carboxylic acids is 1. The molecule has 25 heavy (non-hydrogen) atoms. The van der Waals surface area contributed by atoms with E-state index in [9.17, 15) is 9.59 Å². The van der Waals surface area contributed by atoms with Crippen molar-refractivity contribution in [3.05, 3.63) is 40.3 Å². The molecule has 2 rings (SSSR count). The summed E-state index contributed by atoms with van der Waals surface area (Å²) in [6, 6.07) is 3.80. The van der Waals surface area contributed by atoms with Crippen molar-refractivity contribution in [3.63, 3.8) is 0 Å². The smallest absolute Gasteiger partial charge is 0.326 e. The van der Waals surface area contributed by atoms with Crippen LogP contribution in [0.4, 0.5) is 0 Å². The highest BCUT2D eigenvalue weighted by atomic mass is 32.1. The molecule has 2 aromatic rings. The van der Waals surface area contributed by atoms with Crippen LogP contribution in [0, 0.1) is 0 Å². The lowest BCUT2D eigenvalue weighted by Crippen LogP contribution is -2.40. The van der Waals surface area contributed by atoms with E-state index in [2.05, 4.69) is 10.3 Å². The average Bonchev–Trinajstić information content (AvgIpc) is 3.12. The molecule has 0 aliphatic rings. The number of rotatable bonds is 9. The van der Waals surface area contributed by atoms with Crippen LogP contribution in [0.3, 0.4) is 0 Å². The maximum atomic E-state index is 12.3. The first kappa shape index (κ1) is 18.7. The third-order valence-corrected chi connectivity index (χ3v) is 4.10. The maximum absolute atomic E-state index is 12.3. The van der Waals surface area contributed by atoms with Crippen molar-refractivity contribution in [1.29, 1.82) is 0 Å². The Hall–Kier alpha value is -2.61. The Morgan fingerprint density at radius 2 is 2.16 bits per heavy atom. The number of benzene rings is 1. The molecule has 2 N–H and O–H groups in total. The first-order valence-corrected chi connectivity index (χ1v) is 8.71. The van der Waals surface area contributed by atoms with Crippen LogP contribution in [0.15, 0.2) is 29.1 Å². The van der Waals surface area contributed by atoms with Crippen LogP contribution in [0.2, 0.25) is 0 Å². The summed E-state index contributed by atoms with van der Waals surface area (Å²) in [6.07, 6.45) is 1.02. The number of aromatic nitrogens is 1. The Morgan fingerprint density at radius 3 is 2.76 bits per heavy atom. The minimum Gasteiger partial charge on any atom is -0.493 e. The van der Waals surface area contributed by atoms with Crippen molar-refractivity contribution in [2.75, 3.05) is 7.11 Å². The predicted molar refractivity (Wildman–Crippen MR) is 93.2 cm³/mol. The van der Waals surface area contributed by atoms with Crippen LogP contribution in [-0.4, -0.2) is 35.1 Å². The molecule has 0 saturated heterocycles. The van der Waals surface area contributed by atoms with Gasteiger partial charge in [-0.1, -0.05) is 13.3 Å². The topological polar surface area (TPSA) is 97.8 Å². The van der Waals surface area contributed by atoms with Crippen LogP contribution in [0.25, 0.3) is 0 Å². The van der Waals surface area contributed by atoms with E-state index in [1.807, 2.05) is 12.3 Å². The monoisotopic (exact) mass is 364 g/mol. The van der Waals surface area contributed by atoms with Crippen molar-refractivity contribution < 1.29 is 24.2 Å². The molecular weight excluding hydrogens is 344 g/mol. The van der Waals surface area contributed by atoms with Gasteiger partial charge in [-0.2, -0.15) is 0 Å². The second-order valence-corrected chi connectivity index (χ2v) is 6.01. The van der Waals surface area contributed by atoms with Gasteiger partial charge in [-0.05, 0) is 24.6 Å². The summed E-state index contributed by atoms with van der Waals surface area (Å²) in [7, 11) is 1.48. The van der Waals surface area contributed by atoms with E-state index < -0.39 is 17.9 Å². The fourth-order valence-corrected chi connectivity index (χ4v) is 2.72. The highest BCUT2D eigenvalue weighted by Crippen LogP contribution is 2.29. The fourth-order valence-electron chi connectivity index (χ4n) is 2.18. The van der Waals surface area contributed by atoms with E-state index >= 15 is 0 Å². The second kappa shape index (κ2) is 9.03. The molecule has 0 radical (unpaired) electrons. The first-order valence-electron chi connectivity index (χ1n) is 7.76. The molecule has 1 aromatic heterocycles. The summed E-state index contributed by atoms with van der Waals surface area (Å²) in [4.78, 5) is 27.6. The third kappa shape index (κ3) is 5.18. The lowest BCUT2D eigenvalue weighted by Gasteiger charge is -2.15. The highest BCUT2D eigenvalue weighted by molar-refractivity contribution is 7.07. The molecule has 0 aliphatic heterocycles. The van der Waals surface area contributed by atoms with E-state index in [0.717, 1.165) is 5.69 Å². The number of aliphatic carboxylic acids is 1. The van der Waals surface area contributed by atoms with Gasteiger partial charge < -0.3 is 19.9 Å². The van der Waals surface area contributed by atoms with Gasteiger partial charge in [0.25, 0.3) is 5.91 Å². The van der Waals surface area contributed by atoms with E-state index in [1.165, 1.54) is 24.5 Å². The number of hydrogen-bond donors (Lipinski definition) is 2. The van der Waals surface area contributed by atoms with E-state index in [-0.39, 0.29) is 0 Å². The molecule has 0 fully saturated rings. The molecule has 1 unspecified atom stereocenters. The molecule has 0 bridgehead atoms. The quantitative estimate of drug-likeness (QED) is 0.710. The molecule has 8 heteroatoms. The summed E-state index contributed by atoms with van der Waals surface area (Å²) in [5.41, 5.74) is 2.83. The van der Waals surface area contributed by atoms with Gasteiger partial charge >= 0.3 is 5.97 Å². The minimum absolute atomic E-state index is 0.295. The maximum Gasteiger partial charge on any atom is 0.326 e. The zero-order chi connectivity index (χ0) is 18.2. The van der Waals surface area contributed by atoms with E-state index in [0.29, 0.717) is 36.5 Å². The number of carboxylic acid groups (broad SMARTS) is 1. The molecular formula is C17H20N2O5S. The number of nitrogens with one attached hydrogen (secondary N) is 1. The number of ether oxygens (including phenoxy) is 2. The number of carbonyl (C=O) groups excluding carboxylic acids is 1. The Labute approximate surface area is 149 Å². The normalized spacial score (nSPS) is 11.6. The summed E-state index contributed by atoms with van der Waals surface area (Å²) in [5, 5.41) is 13.5. The zero-order valence-corrected chi connectivity index (χ0v) is 14.8. The first-order chi connectivity index (χ1) is 12.0. The van der Waals surface area contributed by atoms with E-state index in [4.69, 9.17) is 14.6 Å². The van der Waals surface area contributed by atoms with Gasteiger partial charge in [0.1, 0.15) is 12.6 Å². The standard InChI is InChI=1S/C17H20N2O5S/c1-3-4-13(17(21)22)19-16(20)11-5-6-14(15(7-11)23-2)24-8-12-9-25-10-18-12/h5-7,9-10,13H,3-4,8H2,1-2H3,(H,19,20)(H,21,22). The lowest BCUT2D eigenvalue weighted by atomic mass is 10.1. The van der Waals surface area contributed by atoms with Crippen molar-refractivity contribution in [2.24, 2.45) is 0 Å². The van der Waals surface area contributed by atoms with Gasteiger partial charge in [-0.3, -0.25) is 4.79 Å². The average molecular weight is 364 g/mol. The summed E-state index contributed by atoms with van der Waals surface area (Å²) in [6.45, 7) is 2.16. The van der Waals surface area contributed by atoms with Crippen molar-refractivity contribution in [2.45, 2.75) is 32.4 Å². The molecule has 7 nitrogen and oxygen atoms in total. The highest BCUT2D eigenvalue weighted by Gasteiger charge is 2.20. The summed E-state index contributed by atoms with van der Waals surface area (Å²) in [5.74, 6) is -0.642. The molecule has 0 aliphatic carbocycles. The van der Waals surface area contributed by atoms with Crippen molar-refractivity contribution in [3.8, 4) is 11.5 Å². The predicted octanol–water partition coefficient (Wildman–Crippen LogP) is 2.71. The van der Waals surface area contributed by atoms with Crippen LogP contribution in [-0.2, 0) is 11.4 Å². The Bertz CT molecular complexity index is 718. The van der Waals surface area contributed by atoms with E-state index in [1.54, 1.807) is 17.6 Å². The van der Waals surface area contributed by atoms with Gasteiger partial charge in [0.15, 0.2) is 11.5 Å². The molecule has 0 saturated carbocycles. The summed E-state index contributed by atoms with van der Waals surface area (Å²) < 4.78 is 10.9. The van der Waals surface area contributed by atoms with Crippen LogP contribution < -0.4 is 14.8 Å². The SMILES string of the molecule is CCCC(NC(=O)c1ccc(OCc2cscn2)c(OC)c1)C(=O)O. The number of thiazole rings is 1. The Morgan fingerprint density at radius 1 is 1.36 bits per heavy atom. The molecule has 134 valence electrons. The van der Waals surface area contributed by atoms with Crippen LogP contribution in [0.5, 0.6) is 11.5 Å². The van der Waals surface area contributed by atoms with Crippen LogP contribution in [0.1, 0.15) is 35.8 Å². The number of carbonyl (C=O) groups is 2. The minimum atomic E-state index is -1.05. The third-order valence-electron chi connectivity index (χ3n) is 3.47. The van der Waals surface area contributed by atoms with Gasteiger partial charge in [0.05, 0.1) is 18.3 Å². The second-order valence-electron chi connectivity index (χ2n) is 5.29. The Balaban J connectivity index is 2.08. The Kier molecular flexibility index (Phi) is 6.76. The largest absolute Gasteiger partial charge is 0.493 e. The number of amides is 1. The van der Waals surface area contributed by atoms with Gasteiger partial charge in [-0.25, -0.2) is 9.78 Å². The van der Waals surface area contributed by atoms with Crippen LogP contribution >= 0.6 is 11.3 Å². The zero-order valence-electron chi connectivity index (χ0n) is 14.0. The number of hydrogen-bond acceptors (Lipinski definition) is 6. The van der Waals surface area contributed by atoms with Gasteiger partial charge in [-0.15, -0.1) is 11.3 Å².